The average Bonchev–Trinajstić information content (AvgIpc) is 2.14. The molecule has 0 amide bonds. The standard InChI is InChI=1S/C5H6BrN2/c1-2-8-4-5(6)3-7-8/h3H,2H2,1H3. The second kappa shape index (κ2) is 2.31. The Morgan fingerprint density at radius 1 is 2.00 bits per heavy atom. The van der Waals surface area contributed by atoms with Crippen molar-refractivity contribution in [1.82, 2.24) is 9.78 Å². The molecule has 1 aromatic heterocycles. The molecule has 1 heterocycles. The predicted octanol–water partition coefficient (Wildman–Crippen LogP) is 1.47. The first-order chi connectivity index (χ1) is 3.83. The smallest absolute Gasteiger partial charge is 0.102 e. The zero-order valence-electron chi connectivity index (χ0n) is 4.56. The van der Waals surface area contributed by atoms with Crippen molar-refractivity contribution in [2.24, 2.45) is 0 Å². The summed E-state index contributed by atoms with van der Waals surface area (Å²) in [6.45, 7) is 2.90. The molecule has 1 rings (SSSR count). The lowest BCUT2D eigenvalue weighted by Crippen LogP contribution is -1.92. The SMILES string of the molecule is CCn1[c]c(Br)cn1. The first-order valence-electron chi connectivity index (χ1n) is 2.43. The molecule has 0 saturated carbocycles. The van der Waals surface area contributed by atoms with Gasteiger partial charge in [-0.1, -0.05) is 0 Å². The van der Waals surface area contributed by atoms with Crippen molar-refractivity contribution >= 4 is 15.9 Å². The third-order valence-electron chi connectivity index (χ3n) is 0.846. The molecule has 0 unspecified atom stereocenters. The summed E-state index contributed by atoms with van der Waals surface area (Å²) in [7, 11) is 0. The summed E-state index contributed by atoms with van der Waals surface area (Å²) in [5.74, 6) is 0. The fourth-order valence-electron chi connectivity index (χ4n) is 0.462. The van der Waals surface area contributed by atoms with Crippen molar-refractivity contribution in [2.45, 2.75) is 13.5 Å². The summed E-state index contributed by atoms with van der Waals surface area (Å²) in [4.78, 5) is 0. The van der Waals surface area contributed by atoms with Gasteiger partial charge in [0.05, 0.1) is 10.7 Å². The Kier molecular flexibility index (Phi) is 1.68. The van der Waals surface area contributed by atoms with Crippen molar-refractivity contribution < 1.29 is 0 Å². The summed E-state index contributed by atoms with van der Waals surface area (Å²) >= 11 is 3.23. The van der Waals surface area contributed by atoms with Crippen molar-refractivity contribution in [3.05, 3.63) is 16.9 Å². The van der Waals surface area contributed by atoms with Crippen molar-refractivity contribution in [3.8, 4) is 0 Å². The molecule has 0 atom stereocenters. The van der Waals surface area contributed by atoms with Crippen molar-refractivity contribution in [1.29, 1.82) is 0 Å². The molecule has 0 fully saturated rings. The van der Waals surface area contributed by atoms with Gasteiger partial charge in [-0.25, -0.2) is 0 Å². The number of rotatable bonds is 1. The summed E-state index contributed by atoms with van der Waals surface area (Å²) in [6, 6.07) is 0. The number of aryl methyl sites for hydroxylation is 1. The molecule has 43 valence electrons. The van der Waals surface area contributed by atoms with E-state index in [2.05, 4.69) is 27.2 Å². The van der Waals surface area contributed by atoms with Gasteiger partial charge in [-0.05, 0) is 22.9 Å². The van der Waals surface area contributed by atoms with E-state index in [1.54, 1.807) is 10.9 Å². The lowest BCUT2D eigenvalue weighted by Gasteiger charge is -1.86. The van der Waals surface area contributed by atoms with Gasteiger partial charge in [0.1, 0.15) is 6.20 Å². The van der Waals surface area contributed by atoms with E-state index in [0.717, 1.165) is 11.0 Å². The lowest BCUT2D eigenvalue weighted by molar-refractivity contribution is 0.654. The second-order valence-corrected chi connectivity index (χ2v) is 2.27. The molecule has 1 radical (unpaired) electrons. The predicted molar refractivity (Wildman–Crippen MR) is 34.4 cm³/mol. The van der Waals surface area contributed by atoms with E-state index in [0.29, 0.717) is 0 Å². The van der Waals surface area contributed by atoms with Gasteiger partial charge in [0.25, 0.3) is 0 Å². The minimum Gasteiger partial charge on any atom is -0.262 e. The van der Waals surface area contributed by atoms with Crippen LogP contribution in [0.4, 0.5) is 0 Å². The molecule has 0 aliphatic rings. The molecule has 0 spiro atoms. The quantitative estimate of drug-likeness (QED) is 0.630. The molecular formula is C5H6BrN2. The van der Waals surface area contributed by atoms with E-state index in [1.807, 2.05) is 6.92 Å². The summed E-state index contributed by atoms with van der Waals surface area (Å²) < 4.78 is 2.66. The number of hydrogen-bond acceptors (Lipinski definition) is 1. The zero-order valence-corrected chi connectivity index (χ0v) is 6.14. The maximum absolute atomic E-state index is 3.95. The molecule has 8 heavy (non-hydrogen) atoms. The Morgan fingerprint density at radius 3 is 3.00 bits per heavy atom. The van der Waals surface area contributed by atoms with E-state index >= 15 is 0 Å². The van der Waals surface area contributed by atoms with Gasteiger partial charge in [0.2, 0.25) is 0 Å². The number of hydrogen-bond donors (Lipinski definition) is 0. The lowest BCUT2D eigenvalue weighted by atomic mass is 10.7. The number of aromatic nitrogens is 2. The van der Waals surface area contributed by atoms with Crippen molar-refractivity contribution in [3.63, 3.8) is 0 Å². The minimum atomic E-state index is 0.881. The highest BCUT2D eigenvalue weighted by Gasteiger charge is 1.89. The highest BCUT2D eigenvalue weighted by atomic mass is 79.9. The van der Waals surface area contributed by atoms with Crippen LogP contribution in [0.1, 0.15) is 6.92 Å². The fraction of sp³-hybridized carbons (Fsp3) is 0.400. The normalized spacial score (nSPS) is 9.75. The van der Waals surface area contributed by atoms with Crippen LogP contribution in [0.3, 0.4) is 0 Å². The number of nitrogens with zero attached hydrogens (tertiary/aromatic N) is 2. The molecule has 0 aromatic carbocycles. The molecule has 0 aliphatic carbocycles. The topological polar surface area (TPSA) is 17.8 Å². The Hall–Kier alpha value is -0.310. The van der Waals surface area contributed by atoms with E-state index in [-0.39, 0.29) is 0 Å². The molecule has 1 aromatic rings. The summed E-state index contributed by atoms with van der Waals surface area (Å²) in [5, 5.41) is 3.95. The van der Waals surface area contributed by atoms with Crippen LogP contribution < -0.4 is 0 Å². The van der Waals surface area contributed by atoms with Crippen LogP contribution in [-0.2, 0) is 6.54 Å². The molecule has 0 bridgehead atoms. The van der Waals surface area contributed by atoms with Crippen LogP contribution >= 0.6 is 15.9 Å². The van der Waals surface area contributed by atoms with Gasteiger partial charge in [-0.15, -0.1) is 0 Å². The third-order valence-corrected chi connectivity index (χ3v) is 1.23. The van der Waals surface area contributed by atoms with Crippen LogP contribution in [0.15, 0.2) is 10.7 Å². The van der Waals surface area contributed by atoms with E-state index in [4.69, 9.17) is 0 Å². The largest absolute Gasteiger partial charge is 0.262 e. The fourth-order valence-corrected chi connectivity index (χ4v) is 0.758. The highest BCUT2D eigenvalue weighted by molar-refractivity contribution is 9.10. The summed E-state index contributed by atoms with van der Waals surface area (Å²) in [5.41, 5.74) is 0. The second-order valence-electron chi connectivity index (χ2n) is 1.42. The van der Waals surface area contributed by atoms with E-state index in [1.165, 1.54) is 0 Å². The maximum Gasteiger partial charge on any atom is 0.102 e. The van der Waals surface area contributed by atoms with Gasteiger partial charge < -0.3 is 0 Å². The molecule has 0 aliphatic heterocycles. The molecule has 2 nitrogen and oxygen atoms in total. The van der Waals surface area contributed by atoms with E-state index in [9.17, 15) is 0 Å². The monoisotopic (exact) mass is 173 g/mol. The van der Waals surface area contributed by atoms with Gasteiger partial charge in [-0.3, -0.25) is 4.68 Å². The molecule has 0 N–H and O–H groups in total. The van der Waals surface area contributed by atoms with E-state index < -0.39 is 0 Å². The molecular weight excluding hydrogens is 168 g/mol. The molecule has 0 saturated heterocycles. The minimum absolute atomic E-state index is 0.881. The van der Waals surface area contributed by atoms with Crippen LogP contribution in [0.2, 0.25) is 0 Å². The molecule has 3 heteroatoms. The maximum atomic E-state index is 3.95. The third kappa shape index (κ3) is 1.10. The first kappa shape index (κ1) is 5.82. The first-order valence-corrected chi connectivity index (χ1v) is 3.23. The number of halogens is 1. The van der Waals surface area contributed by atoms with Gasteiger partial charge in [0, 0.05) is 6.54 Å². The average molecular weight is 174 g/mol. The Balaban J connectivity index is 2.84. The van der Waals surface area contributed by atoms with Gasteiger partial charge in [0.15, 0.2) is 0 Å². The van der Waals surface area contributed by atoms with Crippen LogP contribution in [-0.4, -0.2) is 9.78 Å². The Labute approximate surface area is 56.6 Å². The Morgan fingerprint density at radius 2 is 2.75 bits per heavy atom. The Bertz CT molecular complexity index is 171. The highest BCUT2D eigenvalue weighted by Crippen LogP contribution is 2.03. The van der Waals surface area contributed by atoms with Gasteiger partial charge >= 0.3 is 0 Å². The summed E-state index contributed by atoms with van der Waals surface area (Å²) in [6.07, 6.45) is 4.67. The van der Waals surface area contributed by atoms with Crippen LogP contribution in [0.25, 0.3) is 0 Å². The van der Waals surface area contributed by atoms with Crippen LogP contribution in [0.5, 0.6) is 0 Å². The zero-order chi connectivity index (χ0) is 5.98. The van der Waals surface area contributed by atoms with Crippen molar-refractivity contribution in [2.75, 3.05) is 0 Å². The van der Waals surface area contributed by atoms with Gasteiger partial charge in [-0.2, -0.15) is 5.10 Å². The van der Waals surface area contributed by atoms with Crippen LogP contribution in [0, 0.1) is 6.20 Å².